The van der Waals surface area contributed by atoms with E-state index in [1.807, 2.05) is 6.92 Å². The molecule has 0 aromatic carbocycles. The number of pyridine rings is 1. The average molecular weight is 361 g/mol. The van der Waals surface area contributed by atoms with Crippen molar-refractivity contribution in [3.05, 3.63) is 46.5 Å². The Morgan fingerprint density at radius 3 is 2.58 bits per heavy atom. The van der Waals surface area contributed by atoms with E-state index in [2.05, 4.69) is 10.1 Å². The summed E-state index contributed by atoms with van der Waals surface area (Å²) in [6.07, 6.45) is -0.940. The zero-order valence-electron chi connectivity index (χ0n) is 13.3. The Kier molecular flexibility index (Phi) is 5.17. The van der Waals surface area contributed by atoms with Gasteiger partial charge in [-0.1, -0.05) is 24.6 Å². The van der Waals surface area contributed by atoms with E-state index >= 15 is 0 Å². The highest BCUT2D eigenvalue weighted by molar-refractivity contribution is 6.34. The van der Waals surface area contributed by atoms with Gasteiger partial charge in [0.2, 0.25) is 0 Å². The van der Waals surface area contributed by atoms with Crippen molar-refractivity contribution < 1.29 is 18.0 Å². The predicted molar refractivity (Wildman–Crippen MR) is 82.6 cm³/mol. The molecule has 2 rings (SSSR count). The van der Waals surface area contributed by atoms with Gasteiger partial charge in [-0.3, -0.25) is 14.5 Å². The van der Waals surface area contributed by atoms with Crippen molar-refractivity contribution in [3.63, 3.8) is 0 Å². The van der Waals surface area contributed by atoms with Gasteiger partial charge in [-0.25, -0.2) is 0 Å². The number of amides is 1. The van der Waals surface area contributed by atoms with E-state index in [-0.39, 0.29) is 11.7 Å². The zero-order chi connectivity index (χ0) is 18.1. The number of hydrogen-bond acceptors (Lipinski definition) is 3. The van der Waals surface area contributed by atoms with Gasteiger partial charge in [0, 0.05) is 26.5 Å². The van der Waals surface area contributed by atoms with E-state index in [4.69, 9.17) is 11.6 Å². The van der Waals surface area contributed by atoms with E-state index in [1.54, 1.807) is 24.5 Å². The van der Waals surface area contributed by atoms with Gasteiger partial charge in [0.1, 0.15) is 10.7 Å². The second-order valence-corrected chi connectivity index (χ2v) is 5.64. The summed E-state index contributed by atoms with van der Waals surface area (Å²) in [5.41, 5.74) is -0.781. The molecule has 2 aromatic rings. The Labute approximate surface area is 142 Å². The summed E-state index contributed by atoms with van der Waals surface area (Å²) in [4.78, 5) is 18.0. The molecule has 0 saturated heterocycles. The molecule has 5 nitrogen and oxygen atoms in total. The quantitative estimate of drug-likeness (QED) is 0.835. The molecule has 130 valence electrons. The molecule has 0 aliphatic carbocycles. The van der Waals surface area contributed by atoms with Crippen LogP contribution in [0.5, 0.6) is 0 Å². The number of carbonyl (C=O) groups excluding carboxylic acids is 1. The van der Waals surface area contributed by atoms with Gasteiger partial charge in [-0.15, -0.1) is 0 Å². The van der Waals surface area contributed by atoms with Crippen LogP contribution in [0.3, 0.4) is 0 Å². The Morgan fingerprint density at radius 2 is 2.12 bits per heavy atom. The molecule has 2 heterocycles. The molecule has 9 heteroatoms. The first-order valence-electron chi connectivity index (χ1n) is 7.15. The second-order valence-electron chi connectivity index (χ2n) is 5.26. The minimum absolute atomic E-state index is 0.297. The molecule has 0 aliphatic heterocycles. The zero-order valence-corrected chi connectivity index (χ0v) is 14.1. The van der Waals surface area contributed by atoms with Crippen molar-refractivity contribution in [3.8, 4) is 0 Å². The Hall–Kier alpha value is -2.09. The SMILES string of the molecule is CC[C@H](c1cccnc1)N(C)C(=O)c1c(Cl)c(C(F)(F)F)nn1C. The summed E-state index contributed by atoms with van der Waals surface area (Å²) >= 11 is 5.78. The molecule has 0 saturated carbocycles. The molecule has 1 amide bonds. The highest BCUT2D eigenvalue weighted by Crippen LogP contribution is 2.36. The van der Waals surface area contributed by atoms with Crippen molar-refractivity contribution in [1.82, 2.24) is 19.7 Å². The summed E-state index contributed by atoms with van der Waals surface area (Å²) < 4.78 is 39.6. The average Bonchev–Trinajstić information content (AvgIpc) is 2.83. The van der Waals surface area contributed by atoms with Crippen LogP contribution in [-0.2, 0) is 13.2 Å². The monoisotopic (exact) mass is 360 g/mol. The maximum atomic E-state index is 12.9. The van der Waals surface area contributed by atoms with Crippen molar-refractivity contribution >= 4 is 17.5 Å². The first-order chi connectivity index (χ1) is 11.2. The number of alkyl halides is 3. The van der Waals surface area contributed by atoms with E-state index in [0.717, 1.165) is 10.2 Å². The number of halogens is 4. The van der Waals surface area contributed by atoms with Crippen molar-refractivity contribution in [2.75, 3.05) is 7.05 Å². The fourth-order valence-electron chi connectivity index (χ4n) is 2.53. The highest BCUT2D eigenvalue weighted by atomic mass is 35.5. The molecular formula is C15H16ClF3N4O. The topological polar surface area (TPSA) is 51.0 Å². The molecule has 0 radical (unpaired) electrons. The molecule has 1 atom stereocenters. The van der Waals surface area contributed by atoms with Gasteiger partial charge in [0.05, 0.1) is 6.04 Å². The molecule has 0 N–H and O–H groups in total. The normalized spacial score (nSPS) is 13.0. The van der Waals surface area contributed by atoms with Crippen LogP contribution in [0.1, 0.15) is 41.1 Å². The van der Waals surface area contributed by atoms with Crippen LogP contribution >= 0.6 is 11.6 Å². The molecule has 0 unspecified atom stereocenters. The van der Waals surface area contributed by atoms with Crippen LogP contribution in [0.2, 0.25) is 5.02 Å². The minimum Gasteiger partial charge on any atom is -0.333 e. The third-order valence-electron chi connectivity index (χ3n) is 3.70. The van der Waals surface area contributed by atoms with Crippen LogP contribution in [0.25, 0.3) is 0 Å². The Balaban J connectivity index is 2.40. The number of hydrogen-bond donors (Lipinski definition) is 0. The number of carbonyl (C=O) groups is 1. The van der Waals surface area contributed by atoms with Crippen LogP contribution in [-0.4, -0.2) is 32.6 Å². The van der Waals surface area contributed by atoms with Crippen molar-refractivity contribution in [2.45, 2.75) is 25.6 Å². The lowest BCUT2D eigenvalue weighted by molar-refractivity contribution is -0.141. The lowest BCUT2D eigenvalue weighted by Crippen LogP contribution is -2.32. The number of aryl methyl sites for hydroxylation is 1. The fourth-order valence-corrected chi connectivity index (χ4v) is 2.87. The molecule has 0 spiro atoms. The van der Waals surface area contributed by atoms with E-state index in [9.17, 15) is 18.0 Å². The maximum Gasteiger partial charge on any atom is 0.436 e. The maximum absolute atomic E-state index is 12.9. The largest absolute Gasteiger partial charge is 0.436 e. The third kappa shape index (κ3) is 3.38. The van der Waals surface area contributed by atoms with Crippen molar-refractivity contribution in [1.29, 1.82) is 0 Å². The first-order valence-corrected chi connectivity index (χ1v) is 7.53. The fraction of sp³-hybridized carbons (Fsp3) is 0.400. The van der Waals surface area contributed by atoms with E-state index in [1.165, 1.54) is 19.0 Å². The van der Waals surface area contributed by atoms with Gasteiger partial charge in [-0.2, -0.15) is 18.3 Å². The van der Waals surface area contributed by atoms with Crippen molar-refractivity contribution in [2.24, 2.45) is 7.05 Å². The second kappa shape index (κ2) is 6.80. The highest BCUT2D eigenvalue weighted by Gasteiger charge is 2.40. The van der Waals surface area contributed by atoms with Gasteiger partial charge < -0.3 is 4.90 Å². The Morgan fingerprint density at radius 1 is 1.46 bits per heavy atom. The molecule has 0 fully saturated rings. The lowest BCUT2D eigenvalue weighted by atomic mass is 10.1. The summed E-state index contributed by atoms with van der Waals surface area (Å²) in [7, 11) is 2.77. The molecular weight excluding hydrogens is 345 g/mol. The third-order valence-corrected chi connectivity index (χ3v) is 4.06. The van der Waals surface area contributed by atoms with E-state index in [0.29, 0.717) is 6.42 Å². The summed E-state index contributed by atoms with van der Waals surface area (Å²) in [6.45, 7) is 1.87. The lowest BCUT2D eigenvalue weighted by Gasteiger charge is -2.27. The van der Waals surface area contributed by atoms with Gasteiger partial charge in [0.25, 0.3) is 5.91 Å². The summed E-state index contributed by atoms with van der Waals surface area (Å²) in [5, 5.41) is 2.65. The van der Waals surface area contributed by atoms with Crippen LogP contribution in [0, 0.1) is 0 Å². The van der Waals surface area contributed by atoms with Gasteiger partial charge >= 0.3 is 6.18 Å². The molecule has 0 aliphatic rings. The molecule has 0 bridgehead atoms. The van der Waals surface area contributed by atoms with Gasteiger partial charge in [-0.05, 0) is 18.1 Å². The standard InChI is InChI=1S/C15H16ClF3N4O/c1-4-10(9-6-5-7-20-8-9)22(2)14(24)12-11(16)13(15(17,18)19)21-23(12)3/h5-8,10H,4H2,1-3H3/t10-/m1/s1. The van der Waals surface area contributed by atoms with Crippen LogP contribution in [0.4, 0.5) is 13.2 Å². The number of rotatable bonds is 4. The smallest absolute Gasteiger partial charge is 0.333 e. The predicted octanol–water partition coefficient (Wildman–Crippen LogP) is 3.71. The molecule has 2 aromatic heterocycles. The molecule has 24 heavy (non-hydrogen) atoms. The van der Waals surface area contributed by atoms with Crippen LogP contribution < -0.4 is 0 Å². The van der Waals surface area contributed by atoms with Gasteiger partial charge in [0.15, 0.2) is 5.69 Å². The summed E-state index contributed by atoms with van der Waals surface area (Å²) in [6, 6.07) is 3.19. The first kappa shape index (κ1) is 18.3. The van der Waals surface area contributed by atoms with E-state index < -0.39 is 22.8 Å². The minimum atomic E-state index is -4.72. The van der Waals surface area contributed by atoms with Crippen LogP contribution in [0.15, 0.2) is 24.5 Å². The number of aromatic nitrogens is 3. The Bertz CT molecular complexity index is 730. The summed E-state index contributed by atoms with van der Waals surface area (Å²) in [5.74, 6) is -0.638. The number of nitrogens with zero attached hydrogens (tertiary/aromatic N) is 4.